The number of phenols is 2. The van der Waals surface area contributed by atoms with Gasteiger partial charge in [-0.3, -0.25) is 0 Å². The van der Waals surface area contributed by atoms with Gasteiger partial charge in [0.1, 0.15) is 48.4 Å². The third-order valence-corrected chi connectivity index (χ3v) is 7.25. The highest BCUT2D eigenvalue weighted by molar-refractivity contribution is 6.27. The van der Waals surface area contributed by atoms with Gasteiger partial charge in [0.25, 0.3) is 0 Å². The van der Waals surface area contributed by atoms with Crippen molar-refractivity contribution in [2.45, 2.75) is 12.2 Å². The Morgan fingerprint density at radius 1 is 0.593 bits per heavy atom. The van der Waals surface area contributed by atoms with Gasteiger partial charge >= 0.3 is 24.0 Å². The molecule has 0 radical (unpaired) electrons. The second-order valence-corrected chi connectivity index (χ2v) is 11.6. The number of hydrogen-bond donors (Lipinski definition) is 10. The maximum absolute atomic E-state index is 11.8. The molecule has 2 aliphatic heterocycles. The van der Waals surface area contributed by atoms with Crippen molar-refractivity contribution >= 4 is 24.0 Å². The standard InChI is InChI=1S/2C16H25N3O5.C2H2O4/c2*20-13-1-3-15(4-2-13)24-12-14(21)11-17-5-6-18-16(22)19-7-9-23-10-8-19;3-1(4)2(5)6/h2*1-4,14,17,20-21H,5-12H2,(H,18,22);(H,3,4)(H,5,6)/t2*14-;/m00./s1. The van der Waals surface area contributed by atoms with E-state index in [1.54, 1.807) is 34.1 Å². The molecule has 10 N–H and O–H groups in total. The molecule has 0 aromatic heterocycles. The van der Waals surface area contributed by atoms with E-state index in [0.29, 0.717) is 103 Å². The lowest BCUT2D eigenvalue weighted by Crippen LogP contribution is -2.47. The molecule has 302 valence electrons. The summed E-state index contributed by atoms with van der Waals surface area (Å²) in [6.07, 6.45) is -1.32. The highest BCUT2D eigenvalue weighted by Crippen LogP contribution is 2.16. The second kappa shape index (κ2) is 26.6. The van der Waals surface area contributed by atoms with Crippen molar-refractivity contribution in [1.82, 2.24) is 31.1 Å². The minimum absolute atomic E-state index is 0.0867. The van der Waals surface area contributed by atoms with Crippen molar-refractivity contribution in [3.63, 3.8) is 0 Å². The topological polar surface area (TPSA) is 281 Å². The van der Waals surface area contributed by atoms with Gasteiger partial charge in [-0.05, 0) is 48.5 Å². The fourth-order valence-corrected chi connectivity index (χ4v) is 4.40. The molecule has 0 spiro atoms. The van der Waals surface area contributed by atoms with E-state index >= 15 is 0 Å². The SMILES string of the molecule is O=C(NCCNC[C@H](O)COc1ccc(O)cc1)N1CCOCC1.O=C(NCCNC[C@H](O)COc1ccc(O)cc1)N1CCOCC1.O=C(O)C(=O)O. The molecule has 2 heterocycles. The number of carbonyl (C=O) groups excluding carboxylic acids is 2. The number of benzene rings is 2. The Morgan fingerprint density at radius 3 is 1.24 bits per heavy atom. The number of aliphatic carboxylic acids is 2. The van der Waals surface area contributed by atoms with Gasteiger partial charge in [0, 0.05) is 65.4 Å². The van der Waals surface area contributed by atoms with Crippen LogP contribution in [0.15, 0.2) is 48.5 Å². The van der Waals surface area contributed by atoms with Crippen LogP contribution in [0.25, 0.3) is 0 Å². The largest absolute Gasteiger partial charge is 0.508 e. The first-order valence-electron chi connectivity index (χ1n) is 17.2. The van der Waals surface area contributed by atoms with Crippen LogP contribution in [0.4, 0.5) is 9.59 Å². The zero-order chi connectivity index (χ0) is 39.6. The van der Waals surface area contributed by atoms with Crippen LogP contribution in [-0.4, -0.2) is 182 Å². The Labute approximate surface area is 312 Å². The van der Waals surface area contributed by atoms with Gasteiger partial charge in [-0.2, -0.15) is 0 Å². The molecular formula is C34H52N6O14. The number of nitrogens with one attached hydrogen (secondary N) is 4. The van der Waals surface area contributed by atoms with Gasteiger partial charge in [-0.15, -0.1) is 0 Å². The van der Waals surface area contributed by atoms with Crippen molar-refractivity contribution in [3.8, 4) is 23.0 Å². The number of aromatic hydroxyl groups is 2. The van der Waals surface area contributed by atoms with E-state index in [2.05, 4.69) is 21.3 Å². The molecule has 2 atom stereocenters. The van der Waals surface area contributed by atoms with Gasteiger partial charge in [-0.1, -0.05) is 0 Å². The van der Waals surface area contributed by atoms with E-state index in [9.17, 15) is 19.8 Å². The number of urea groups is 2. The summed E-state index contributed by atoms with van der Waals surface area (Å²) in [7, 11) is 0. The predicted molar refractivity (Wildman–Crippen MR) is 192 cm³/mol. The summed E-state index contributed by atoms with van der Waals surface area (Å²) in [4.78, 5) is 45.3. The Balaban J connectivity index is 0.000000325. The number of ether oxygens (including phenoxy) is 4. The quantitative estimate of drug-likeness (QED) is 0.0701. The van der Waals surface area contributed by atoms with E-state index in [1.807, 2.05) is 0 Å². The van der Waals surface area contributed by atoms with Gasteiger partial charge < -0.3 is 80.7 Å². The maximum Gasteiger partial charge on any atom is 0.414 e. The molecular weight excluding hydrogens is 716 g/mol. The summed E-state index contributed by atoms with van der Waals surface area (Å²) in [5.74, 6) is -2.13. The van der Waals surface area contributed by atoms with E-state index in [4.69, 9.17) is 49.0 Å². The van der Waals surface area contributed by atoms with Crippen LogP contribution in [0.2, 0.25) is 0 Å². The van der Waals surface area contributed by atoms with Crippen molar-refractivity contribution in [2.24, 2.45) is 0 Å². The fourth-order valence-electron chi connectivity index (χ4n) is 4.40. The summed E-state index contributed by atoms with van der Waals surface area (Å²) in [6, 6.07) is 12.5. The average Bonchev–Trinajstić information content (AvgIpc) is 3.18. The number of aliphatic hydroxyl groups excluding tert-OH is 2. The lowest BCUT2D eigenvalue weighted by Gasteiger charge is -2.27. The highest BCUT2D eigenvalue weighted by Gasteiger charge is 2.17. The molecule has 54 heavy (non-hydrogen) atoms. The van der Waals surface area contributed by atoms with Crippen LogP contribution in [-0.2, 0) is 19.1 Å². The number of rotatable bonds is 16. The average molecular weight is 769 g/mol. The van der Waals surface area contributed by atoms with Crippen LogP contribution in [0, 0.1) is 0 Å². The molecule has 0 aliphatic carbocycles. The van der Waals surface area contributed by atoms with E-state index in [0.717, 1.165) is 0 Å². The molecule has 4 rings (SSSR count). The number of aliphatic hydroxyl groups is 2. The minimum atomic E-state index is -1.82. The first-order valence-corrected chi connectivity index (χ1v) is 17.2. The molecule has 20 nitrogen and oxygen atoms in total. The Hall–Kier alpha value is -5.12. The second-order valence-electron chi connectivity index (χ2n) is 11.6. The normalized spacial score (nSPS) is 14.9. The molecule has 4 amide bonds. The first kappa shape index (κ1) is 45.0. The van der Waals surface area contributed by atoms with Gasteiger partial charge in [0.2, 0.25) is 0 Å². The molecule has 20 heteroatoms. The van der Waals surface area contributed by atoms with Crippen LogP contribution < -0.4 is 30.7 Å². The molecule has 2 aliphatic rings. The number of amides is 4. The molecule has 2 saturated heterocycles. The smallest absolute Gasteiger partial charge is 0.414 e. The number of hydrogen-bond acceptors (Lipinski definition) is 14. The lowest BCUT2D eigenvalue weighted by molar-refractivity contribution is -0.159. The van der Waals surface area contributed by atoms with E-state index < -0.39 is 24.1 Å². The first-order chi connectivity index (χ1) is 25.9. The summed E-state index contributed by atoms with van der Waals surface area (Å²) < 4.78 is 21.2. The molecule has 0 saturated carbocycles. The predicted octanol–water partition coefficient (Wildman–Crippen LogP) is -1.32. The van der Waals surface area contributed by atoms with Crippen LogP contribution in [0.5, 0.6) is 23.0 Å². The van der Waals surface area contributed by atoms with Crippen molar-refractivity contribution in [1.29, 1.82) is 0 Å². The minimum Gasteiger partial charge on any atom is -0.508 e. The van der Waals surface area contributed by atoms with Crippen LogP contribution in [0.1, 0.15) is 0 Å². The Kier molecular flexibility index (Phi) is 22.2. The highest BCUT2D eigenvalue weighted by atomic mass is 16.5. The molecule has 2 fully saturated rings. The number of carboxylic acid groups (broad SMARTS) is 2. The molecule has 0 bridgehead atoms. The maximum atomic E-state index is 11.8. The van der Waals surface area contributed by atoms with E-state index in [-0.39, 0.29) is 36.8 Å². The van der Waals surface area contributed by atoms with Crippen LogP contribution >= 0.6 is 0 Å². The third-order valence-electron chi connectivity index (χ3n) is 7.25. The molecule has 0 unspecified atom stereocenters. The number of nitrogens with zero attached hydrogens (tertiary/aromatic N) is 2. The summed E-state index contributed by atoms with van der Waals surface area (Å²) >= 11 is 0. The molecule has 2 aromatic carbocycles. The van der Waals surface area contributed by atoms with E-state index in [1.165, 1.54) is 24.3 Å². The summed E-state index contributed by atoms with van der Waals surface area (Å²) in [6.45, 7) is 7.93. The zero-order valence-electron chi connectivity index (χ0n) is 29.9. The van der Waals surface area contributed by atoms with Gasteiger partial charge in [0.05, 0.1) is 26.4 Å². The molecule has 2 aromatic rings. The van der Waals surface area contributed by atoms with Crippen molar-refractivity contribution in [2.75, 3.05) is 105 Å². The Morgan fingerprint density at radius 2 is 0.926 bits per heavy atom. The van der Waals surface area contributed by atoms with Crippen molar-refractivity contribution < 1.29 is 68.8 Å². The Bertz CT molecular complexity index is 1260. The number of carbonyl (C=O) groups is 4. The number of morpholine rings is 2. The zero-order valence-corrected chi connectivity index (χ0v) is 29.9. The van der Waals surface area contributed by atoms with Crippen molar-refractivity contribution in [3.05, 3.63) is 48.5 Å². The third kappa shape index (κ3) is 20.8. The van der Waals surface area contributed by atoms with Gasteiger partial charge in [-0.25, -0.2) is 19.2 Å². The number of carboxylic acids is 2. The van der Waals surface area contributed by atoms with Crippen LogP contribution in [0.3, 0.4) is 0 Å². The number of phenolic OH excluding ortho intramolecular Hbond substituents is 2. The van der Waals surface area contributed by atoms with Gasteiger partial charge in [0.15, 0.2) is 0 Å². The summed E-state index contributed by atoms with van der Waals surface area (Å²) in [5, 5.41) is 64.5. The monoisotopic (exact) mass is 768 g/mol. The summed E-state index contributed by atoms with van der Waals surface area (Å²) in [5.41, 5.74) is 0. The lowest BCUT2D eigenvalue weighted by atomic mass is 10.3. The fraction of sp³-hybridized carbons (Fsp3) is 0.529.